The predicted molar refractivity (Wildman–Crippen MR) is 91.0 cm³/mol. The zero-order chi connectivity index (χ0) is 17.8. The molecule has 1 unspecified atom stereocenters. The number of nitrogens with one attached hydrogen (secondary N) is 1. The van der Waals surface area contributed by atoms with Crippen LogP contribution in [0.5, 0.6) is 0 Å². The summed E-state index contributed by atoms with van der Waals surface area (Å²) in [5.41, 5.74) is 0.931. The van der Waals surface area contributed by atoms with Gasteiger partial charge in [-0.1, -0.05) is 0 Å². The molecule has 0 bridgehead atoms. The second-order valence-corrected chi connectivity index (χ2v) is 6.51. The highest BCUT2D eigenvalue weighted by atomic mass is 19.1. The van der Waals surface area contributed by atoms with Crippen molar-refractivity contribution in [3.05, 3.63) is 46.0 Å². The van der Waals surface area contributed by atoms with Crippen molar-refractivity contribution in [3.8, 4) is 0 Å². The molecule has 7 heteroatoms. The summed E-state index contributed by atoms with van der Waals surface area (Å²) in [5, 5.41) is 9.43. The molecule has 1 aliphatic heterocycles. The van der Waals surface area contributed by atoms with Crippen LogP contribution in [0, 0.1) is 11.7 Å². The normalized spacial score (nSPS) is 18.5. The number of hydrogen-bond donors (Lipinski definition) is 2. The predicted octanol–water partition coefficient (Wildman–Crippen LogP) is 1.98. The molecule has 134 valence electrons. The molecule has 1 atom stereocenters. The molecule has 0 saturated carbocycles. The monoisotopic (exact) mass is 348 g/mol. The molecule has 1 aromatic carbocycles. The lowest BCUT2D eigenvalue weighted by molar-refractivity contribution is -0.142. The van der Waals surface area contributed by atoms with Gasteiger partial charge in [0, 0.05) is 18.7 Å². The van der Waals surface area contributed by atoms with Crippen molar-refractivity contribution >= 4 is 16.9 Å². The van der Waals surface area contributed by atoms with E-state index in [9.17, 15) is 14.0 Å². The molecule has 1 aromatic heterocycles. The Hall–Kier alpha value is -2.25. The summed E-state index contributed by atoms with van der Waals surface area (Å²) < 4.78 is 18.5. The number of carbonyl (C=O) groups is 1. The minimum absolute atomic E-state index is 0.206. The van der Waals surface area contributed by atoms with Crippen LogP contribution in [0.4, 0.5) is 4.39 Å². The highest BCUT2D eigenvalue weighted by molar-refractivity contribution is 5.78. The number of carboxylic acids is 1. The lowest BCUT2D eigenvalue weighted by Crippen LogP contribution is -2.38. The van der Waals surface area contributed by atoms with Gasteiger partial charge in [-0.25, -0.2) is 9.18 Å². The highest BCUT2D eigenvalue weighted by Crippen LogP contribution is 2.19. The number of aromatic amines is 1. The number of aliphatic carboxylic acids is 1. The third-order valence-electron chi connectivity index (χ3n) is 4.46. The van der Waals surface area contributed by atoms with Gasteiger partial charge in [0.25, 0.3) is 5.56 Å². The van der Waals surface area contributed by atoms with Crippen LogP contribution in [-0.2, 0) is 16.1 Å². The Morgan fingerprint density at radius 3 is 3.04 bits per heavy atom. The maximum Gasteiger partial charge on any atom is 0.329 e. The Morgan fingerprint density at radius 2 is 2.24 bits per heavy atom. The standard InChI is InChI=1S/C18H21FN2O4/c19-15-4-3-13-6-14(18(24)20-16(13)7-15)9-21-5-1-2-12(8-21)10-25-11-17(22)23/h3-4,6-7,12H,1-2,5,8-11H2,(H,20,24)(H,22,23). The van der Waals surface area contributed by atoms with Crippen molar-refractivity contribution in [3.63, 3.8) is 0 Å². The fourth-order valence-electron chi connectivity index (χ4n) is 3.32. The number of aromatic nitrogens is 1. The summed E-state index contributed by atoms with van der Waals surface area (Å²) in [6.45, 7) is 2.29. The molecule has 0 amide bonds. The minimum Gasteiger partial charge on any atom is -0.480 e. The molecule has 0 spiro atoms. The van der Waals surface area contributed by atoms with E-state index in [1.165, 1.54) is 12.1 Å². The SMILES string of the molecule is O=C(O)COCC1CCCN(Cc2cc3ccc(F)cc3[nH]c2=O)C1. The number of fused-ring (bicyclic) bond motifs is 1. The Morgan fingerprint density at radius 1 is 1.40 bits per heavy atom. The first-order valence-electron chi connectivity index (χ1n) is 8.34. The quantitative estimate of drug-likeness (QED) is 0.834. The van der Waals surface area contributed by atoms with Crippen LogP contribution in [0.3, 0.4) is 0 Å². The summed E-state index contributed by atoms with van der Waals surface area (Å²) in [6.07, 6.45) is 1.97. The maximum atomic E-state index is 13.3. The summed E-state index contributed by atoms with van der Waals surface area (Å²) in [6, 6.07) is 6.15. The fraction of sp³-hybridized carbons (Fsp3) is 0.444. The number of halogens is 1. The molecule has 1 fully saturated rings. The number of likely N-dealkylation sites (tertiary alicyclic amines) is 1. The molecule has 0 aliphatic carbocycles. The molecule has 1 aliphatic rings. The number of H-pyrrole nitrogens is 1. The zero-order valence-electron chi connectivity index (χ0n) is 13.8. The lowest BCUT2D eigenvalue weighted by atomic mass is 9.98. The van der Waals surface area contributed by atoms with Crippen LogP contribution in [0.25, 0.3) is 10.9 Å². The molecule has 3 rings (SSSR count). The van der Waals surface area contributed by atoms with E-state index in [1.54, 1.807) is 12.1 Å². The van der Waals surface area contributed by atoms with Gasteiger partial charge in [-0.05, 0) is 55.0 Å². The van der Waals surface area contributed by atoms with Gasteiger partial charge in [-0.2, -0.15) is 0 Å². The fourth-order valence-corrected chi connectivity index (χ4v) is 3.32. The van der Waals surface area contributed by atoms with Crippen molar-refractivity contribution in [2.75, 3.05) is 26.3 Å². The van der Waals surface area contributed by atoms with E-state index >= 15 is 0 Å². The van der Waals surface area contributed by atoms with Crippen molar-refractivity contribution < 1.29 is 19.0 Å². The maximum absolute atomic E-state index is 13.3. The van der Waals surface area contributed by atoms with E-state index in [0.717, 1.165) is 31.3 Å². The van der Waals surface area contributed by atoms with Crippen LogP contribution < -0.4 is 5.56 Å². The van der Waals surface area contributed by atoms with Crippen LogP contribution in [0.2, 0.25) is 0 Å². The van der Waals surface area contributed by atoms with Crippen LogP contribution in [-0.4, -0.2) is 47.3 Å². The lowest BCUT2D eigenvalue weighted by Gasteiger charge is -2.32. The summed E-state index contributed by atoms with van der Waals surface area (Å²) in [4.78, 5) is 27.7. The number of hydrogen-bond acceptors (Lipinski definition) is 4. The Bertz CT molecular complexity index is 820. The largest absolute Gasteiger partial charge is 0.480 e. The first-order valence-corrected chi connectivity index (χ1v) is 8.34. The van der Waals surface area contributed by atoms with E-state index in [2.05, 4.69) is 9.88 Å². The van der Waals surface area contributed by atoms with Gasteiger partial charge in [0.2, 0.25) is 0 Å². The van der Waals surface area contributed by atoms with Gasteiger partial charge < -0.3 is 14.8 Å². The first kappa shape index (κ1) is 17.6. The molecule has 25 heavy (non-hydrogen) atoms. The van der Waals surface area contributed by atoms with Gasteiger partial charge in [0.15, 0.2) is 0 Å². The second kappa shape index (κ2) is 7.76. The molecule has 2 aromatic rings. The van der Waals surface area contributed by atoms with E-state index < -0.39 is 5.97 Å². The summed E-state index contributed by atoms with van der Waals surface area (Å²) in [7, 11) is 0. The Balaban J connectivity index is 1.66. The summed E-state index contributed by atoms with van der Waals surface area (Å²) in [5.74, 6) is -1.08. The van der Waals surface area contributed by atoms with Gasteiger partial charge in [0.05, 0.1) is 12.1 Å². The molecular formula is C18H21FN2O4. The average molecular weight is 348 g/mol. The molecule has 2 N–H and O–H groups in total. The van der Waals surface area contributed by atoms with Crippen molar-refractivity contribution in [1.29, 1.82) is 0 Å². The third kappa shape index (κ3) is 4.64. The van der Waals surface area contributed by atoms with Crippen LogP contribution in [0.1, 0.15) is 18.4 Å². The van der Waals surface area contributed by atoms with E-state index in [-0.39, 0.29) is 23.9 Å². The third-order valence-corrected chi connectivity index (χ3v) is 4.46. The molecule has 2 heterocycles. The van der Waals surface area contributed by atoms with E-state index in [1.807, 2.05) is 0 Å². The smallest absolute Gasteiger partial charge is 0.329 e. The van der Waals surface area contributed by atoms with Gasteiger partial charge in [-0.15, -0.1) is 0 Å². The zero-order valence-corrected chi connectivity index (χ0v) is 13.8. The Labute approximate surface area is 144 Å². The number of ether oxygens (including phenoxy) is 1. The Kier molecular flexibility index (Phi) is 5.45. The first-order chi connectivity index (χ1) is 12.0. The number of nitrogens with zero attached hydrogens (tertiary/aromatic N) is 1. The van der Waals surface area contributed by atoms with Crippen LogP contribution in [0.15, 0.2) is 29.1 Å². The van der Waals surface area contributed by atoms with E-state index in [4.69, 9.17) is 9.84 Å². The number of rotatable bonds is 6. The summed E-state index contributed by atoms with van der Waals surface area (Å²) >= 11 is 0. The highest BCUT2D eigenvalue weighted by Gasteiger charge is 2.21. The topological polar surface area (TPSA) is 82.6 Å². The molecule has 0 radical (unpaired) electrons. The molecule has 1 saturated heterocycles. The molecule has 6 nitrogen and oxygen atoms in total. The van der Waals surface area contributed by atoms with E-state index in [0.29, 0.717) is 24.2 Å². The number of carboxylic acid groups (broad SMARTS) is 1. The minimum atomic E-state index is -0.966. The van der Waals surface area contributed by atoms with Gasteiger partial charge >= 0.3 is 5.97 Å². The number of benzene rings is 1. The number of pyridine rings is 1. The van der Waals surface area contributed by atoms with Crippen molar-refractivity contribution in [1.82, 2.24) is 9.88 Å². The van der Waals surface area contributed by atoms with Crippen LogP contribution >= 0.6 is 0 Å². The number of piperidine rings is 1. The average Bonchev–Trinajstić information content (AvgIpc) is 2.56. The van der Waals surface area contributed by atoms with Gasteiger partial charge in [0.1, 0.15) is 12.4 Å². The second-order valence-electron chi connectivity index (χ2n) is 6.51. The van der Waals surface area contributed by atoms with Crippen molar-refractivity contribution in [2.24, 2.45) is 5.92 Å². The van der Waals surface area contributed by atoms with Crippen molar-refractivity contribution in [2.45, 2.75) is 19.4 Å². The van der Waals surface area contributed by atoms with Gasteiger partial charge in [-0.3, -0.25) is 9.69 Å². The molecular weight excluding hydrogens is 327 g/mol.